The standard InChI is InChI=1S/C21H15F3N4O2/c1-12-17-18(29)16(11-25-19(17)28(27-12)15-8-3-2-4-9-15)20(30)26-14-7-5-6-13(10-14)21(22,23)24/h2-11H,1H3,(H,25,29)(H,26,30). The van der Waals surface area contributed by atoms with Crippen molar-refractivity contribution in [1.29, 1.82) is 0 Å². The summed E-state index contributed by atoms with van der Waals surface area (Å²) in [6.07, 6.45) is -3.31. The summed E-state index contributed by atoms with van der Waals surface area (Å²) in [5.41, 5.74) is -0.185. The lowest BCUT2D eigenvalue weighted by Gasteiger charge is -2.10. The predicted octanol–water partition coefficient (Wildman–Crippen LogP) is 4.29. The fourth-order valence-electron chi connectivity index (χ4n) is 3.17. The van der Waals surface area contributed by atoms with Gasteiger partial charge in [0.05, 0.1) is 22.3 Å². The Morgan fingerprint density at radius 1 is 1.10 bits per heavy atom. The van der Waals surface area contributed by atoms with Gasteiger partial charge in [0.2, 0.25) is 5.43 Å². The van der Waals surface area contributed by atoms with Gasteiger partial charge in [0.25, 0.3) is 5.91 Å². The van der Waals surface area contributed by atoms with Crippen molar-refractivity contribution < 1.29 is 18.0 Å². The first-order valence-corrected chi connectivity index (χ1v) is 8.91. The van der Waals surface area contributed by atoms with E-state index in [4.69, 9.17) is 0 Å². The minimum atomic E-state index is -4.54. The molecular weight excluding hydrogens is 397 g/mol. The molecule has 1 amide bonds. The van der Waals surface area contributed by atoms with E-state index in [9.17, 15) is 22.8 Å². The van der Waals surface area contributed by atoms with Gasteiger partial charge in [-0.1, -0.05) is 24.3 Å². The monoisotopic (exact) mass is 412 g/mol. The Labute approximate surface area is 168 Å². The first kappa shape index (κ1) is 19.4. The zero-order valence-electron chi connectivity index (χ0n) is 15.6. The van der Waals surface area contributed by atoms with Crippen molar-refractivity contribution in [3.8, 4) is 5.69 Å². The summed E-state index contributed by atoms with van der Waals surface area (Å²) in [5.74, 6) is -0.815. The number of benzene rings is 2. The van der Waals surface area contributed by atoms with Gasteiger partial charge >= 0.3 is 6.18 Å². The van der Waals surface area contributed by atoms with E-state index in [-0.39, 0.29) is 16.6 Å². The van der Waals surface area contributed by atoms with Crippen LogP contribution in [0.4, 0.5) is 18.9 Å². The Hall–Kier alpha value is -3.88. The van der Waals surface area contributed by atoms with E-state index in [1.54, 1.807) is 11.6 Å². The van der Waals surface area contributed by atoms with E-state index in [2.05, 4.69) is 15.4 Å². The number of amides is 1. The van der Waals surface area contributed by atoms with Crippen molar-refractivity contribution in [3.63, 3.8) is 0 Å². The molecule has 6 nitrogen and oxygen atoms in total. The number of anilines is 1. The number of para-hydroxylation sites is 1. The third-order valence-electron chi connectivity index (χ3n) is 4.58. The largest absolute Gasteiger partial charge is 0.416 e. The van der Waals surface area contributed by atoms with Gasteiger partial charge in [0.15, 0.2) is 0 Å². The van der Waals surface area contributed by atoms with E-state index < -0.39 is 23.1 Å². The number of aromatic amines is 1. The van der Waals surface area contributed by atoms with Crippen LogP contribution in [0.25, 0.3) is 16.7 Å². The number of aryl methyl sites for hydroxylation is 1. The second-order valence-electron chi connectivity index (χ2n) is 6.62. The van der Waals surface area contributed by atoms with Gasteiger partial charge in [-0.05, 0) is 37.3 Å². The molecule has 152 valence electrons. The number of halogens is 3. The van der Waals surface area contributed by atoms with Gasteiger partial charge in [-0.2, -0.15) is 18.3 Å². The molecule has 0 atom stereocenters. The van der Waals surface area contributed by atoms with E-state index in [0.717, 1.165) is 17.8 Å². The number of carbonyl (C=O) groups is 1. The van der Waals surface area contributed by atoms with E-state index in [1.165, 1.54) is 18.3 Å². The minimum Gasteiger partial charge on any atom is -0.345 e. The number of carbonyl (C=O) groups excluding carboxylic acids is 1. The highest BCUT2D eigenvalue weighted by molar-refractivity contribution is 6.05. The second kappa shape index (κ2) is 7.18. The molecule has 4 rings (SSSR count). The molecular formula is C21H15F3N4O2. The molecule has 4 aromatic rings. The van der Waals surface area contributed by atoms with E-state index >= 15 is 0 Å². The number of H-pyrrole nitrogens is 1. The lowest BCUT2D eigenvalue weighted by Crippen LogP contribution is -2.22. The van der Waals surface area contributed by atoms with Crippen LogP contribution in [0.15, 0.2) is 65.6 Å². The van der Waals surface area contributed by atoms with Crippen molar-refractivity contribution in [2.45, 2.75) is 13.1 Å². The zero-order valence-corrected chi connectivity index (χ0v) is 15.6. The van der Waals surface area contributed by atoms with Crippen molar-refractivity contribution in [3.05, 3.63) is 87.8 Å². The molecule has 2 N–H and O–H groups in total. The molecule has 30 heavy (non-hydrogen) atoms. The van der Waals surface area contributed by atoms with E-state index in [0.29, 0.717) is 11.3 Å². The molecule has 0 spiro atoms. The highest BCUT2D eigenvalue weighted by atomic mass is 19.4. The van der Waals surface area contributed by atoms with Gasteiger partial charge in [-0.25, -0.2) is 4.68 Å². The molecule has 0 aliphatic heterocycles. The molecule has 2 aromatic heterocycles. The predicted molar refractivity (Wildman–Crippen MR) is 106 cm³/mol. The number of fused-ring (bicyclic) bond motifs is 1. The van der Waals surface area contributed by atoms with Crippen LogP contribution >= 0.6 is 0 Å². The van der Waals surface area contributed by atoms with Crippen LogP contribution in [0.1, 0.15) is 21.6 Å². The van der Waals surface area contributed by atoms with Crippen molar-refractivity contribution >= 4 is 22.6 Å². The summed E-state index contributed by atoms with van der Waals surface area (Å²) in [7, 11) is 0. The summed E-state index contributed by atoms with van der Waals surface area (Å²) in [6.45, 7) is 1.64. The molecule has 0 aliphatic rings. The average molecular weight is 412 g/mol. The summed E-state index contributed by atoms with van der Waals surface area (Å²) >= 11 is 0. The molecule has 0 bridgehead atoms. The van der Waals surface area contributed by atoms with Crippen LogP contribution in [-0.2, 0) is 6.18 Å². The fraction of sp³-hybridized carbons (Fsp3) is 0.0952. The maximum absolute atomic E-state index is 12.9. The van der Waals surface area contributed by atoms with Gasteiger partial charge < -0.3 is 10.3 Å². The first-order valence-electron chi connectivity index (χ1n) is 8.91. The maximum Gasteiger partial charge on any atom is 0.416 e. The zero-order chi connectivity index (χ0) is 21.5. The third-order valence-corrected chi connectivity index (χ3v) is 4.58. The van der Waals surface area contributed by atoms with Crippen molar-refractivity contribution in [2.24, 2.45) is 0 Å². The van der Waals surface area contributed by atoms with Crippen LogP contribution < -0.4 is 10.7 Å². The number of hydrogen-bond donors (Lipinski definition) is 2. The van der Waals surface area contributed by atoms with Gasteiger partial charge in [-0.15, -0.1) is 0 Å². The minimum absolute atomic E-state index is 0.0639. The highest BCUT2D eigenvalue weighted by Gasteiger charge is 2.30. The normalized spacial score (nSPS) is 11.6. The van der Waals surface area contributed by atoms with Crippen LogP contribution in [0.2, 0.25) is 0 Å². The van der Waals surface area contributed by atoms with Crippen molar-refractivity contribution in [2.75, 3.05) is 5.32 Å². The SMILES string of the molecule is Cc1nn(-c2ccccc2)c2[nH]cc(C(=O)Nc3cccc(C(F)(F)F)c3)c(=O)c12. The molecule has 0 unspecified atom stereocenters. The number of nitrogens with one attached hydrogen (secondary N) is 2. The summed E-state index contributed by atoms with van der Waals surface area (Å²) in [5, 5.41) is 6.95. The first-order chi connectivity index (χ1) is 14.3. The molecule has 0 fully saturated rings. The van der Waals surface area contributed by atoms with Gasteiger partial charge in [0, 0.05) is 11.9 Å². The average Bonchev–Trinajstić information content (AvgIpc) is 3.06. The topological polar surface area (TPSA) is 79.8 Å². The number of pyridine rings is 1. The van der Waals surface area contributed by atoms with Gasteiger partial charge in [-0.3, -0.25) is 9.59 Å². The Morgan fingerprint density at radius 2 is 1.83 bits per heavy atom. The number of hydrogen-bond acceptors (Lipinski definition) is 3. The molecule has 0 radical (unpaired) electrons. The number of nitrogens with zero attached hydrogens (tertiary/aromatic N) is 2. The highest BCUT2D eigenvalue weighted by Crippen LogP contribution is 2.30. The molecule has 0 saturated carbocycles. The summed E-state index contributed by atoms with van der Waals surface area (Å²) in [6, 6.07) is 13.3. The number of rotatable bonds is 3. The Balaban J connectivity index is 1.72. The Morgan fingerprint density at radius 3 is 2.53 bits per heavy atom. The van der Waals surface area contributed by atoms with E-state index in [1.807, 2.05) is 30.3 Å². The second-order valence-corrected chi connectivity index (χ2v) is 6.62. The molecule has 2 aromatic carbocycles. The van der Waals surface area contributed by atoms with Crippen LogP contribution in [0, 0.1) is 6.92 Å². The third kappa shape index (κ3) is 3.45. The lowest BCUT2D eigenvalue weighted by atomic mass is 10.1. The summed E-state index contributed by atoms with van der Waals surface area (Å²) < 4.78 is 40.2. The Bertz CT molecular complexity index is 1310. The molecule has 9 heteroatoms. The van der Waals surface area contributed by atoms with Gasteiger partial charge in [0.1, 0.15) is 11.2 Å². The number of alkyl halides is 3. The van der Waals surface area contributed by atoms with Crippen LogP contribution in [-0.4, -0.2) is 20.7 Å². The van der Waals surface area contributed by atoms with Crippen molar-refractivity contribution in [1.82, 2.24) is 14.8 Å². The molecule has 2 heterocycles. The molecule has 0 saturated heterocycles. The quantitative estimate of drug-likeness (QED) is 0.527. The lowest BCUT2D eigenvalue weighted by molar-refractivity contribution is -0.137. The molecule has 0 aliphatic carbocycles. The van der Waals surface area contributed by atoms with Crippen LogP contribution in [0.3, 0.4) is 0 Å². The number of aromatic nitrogens is 3. The Kier molecular flexibility index (Phi) is 4.65. The smallest absolute Gasteiger partial charge is 0.345 e. The summed E-state index contributed by atoms with van der Waals surface area (Å²) in [4.78, 5) is 28.4. The van der Waals surface area contributed by atoms with Crippen LogP contribution in [0.5, 0.6) is 0 Å². The fourth-order valence-corrected chi connectivity index (χ4v) is 3.17. The maximum atomic E-state index is 12.9.